The summed E-state index contributed by atoms with van der Waals surface area (Å²) in [6.45, 7) is -0.825. The lowest BCUT2D eigenvalue weighted by Crippen LogP contribution is -2.37. The second kappa shape index (κ2) is 5.64. The largest absolute Gasteiger partial charge is 0.416 e. The number of nitrogens with zero attached hydrogens (tertiary/aromatic N) is 1. The summed E-state index contributed by atoms with van der Waals surface area (Å²) in [5.74, 6) is -2.04. The fourth-order valence-corrected chi connectivity index (χ4v) is 2.78. The molecule has 2 atom stereocenters. The fraction of sp³-hybridized carbons (Fsp3) is 0.462. The van der Waals surface area contributed by atoms with Gasteiger partial charge in [-0.25, -0.2) is 14.0 Å². The van der Waals surface area contributed by atoms with Gasteiger partial charge < -0.3 is 5.11 Å². The molecule has 1 N–H and O–H groups in total. The van der Waals surface area contributed by atoms with E-state index in [1.54, 1.807) is 0 Å². The second-order valence-corrected chi connectivity index (χ2v) is 5.11. The zero-order chi connectivity index (χ0) is 15.8. The van der Waals surface area contributed by atoms with Crippen LogP contribution in [0.4, 0.5) is 22.0 Å². The highest BCUT2D eigenvalue weighted by atomic mass is 19.4. The van der Waals surface area contributed by atoms with Crippen LogP contribution in [-0.2, 0) is 6.18 Å². The standard InChI is InChI=1S/C13H11BF5NO/c15-8-4-7(13(17,18)19)5-9(16)11(8)12-10(21)2-1-3-14(12)6-20/h4-5,10,12,21H,1-3H2. The molecule has 2 rings (SSSR count). The van der Waals surface area contributed by atoms with Gasteiger partial charge in [-0.05, 0) is 18.6 Å². The molecule has 0 bridgehead atoms. The van der Waals surface area contributed by atoms with Crippen LogP contribution in [0.5, 0.6) is 0 Å². The smallest absolute Gasteiger partial charge is 0.393 e. The summed E-state index contributed by atoms with van der Waals surface area (Å²) in [5, 5.41) is 18.9. The molecule has 1 aliphatic heterocycles. The predicted octanol–water partition coefficient (Wildman–Crippen LogP) is 3.32. The lowest BCUT2D eigenvalue weighted by molar-refractivity contribution is -0.138. The molecular formula is C13H11BF5NO. The van der Waals surface area contributed by atoms with E-state index in [0.717, 1.165) is 0 Å². The maximum Gasteiger partial charge on any atom is 0.416 e. The molecule has 2 unspecified atom stereocenters. The Morgan fingerprint density at radius 1 is 1.24 bits per heavy atom. The van der Waals surface area contributed by atoms with Crippen molar-refractivity contribution < 1.29 is 27.1 Å². The molecule has 112 valence electrons. The monoisotopic (exact) mass is 303 g/mol. The van der Waals surface area contributed by atoms with Gasteiger partial charge in [0.15, 0.2) is 0 Å². The van der Waals surface area contributed by atoms with Gasteiger partial charge >= 0.3 is 6.18 Å². The minimum Gasteiger partial charge on any atom is -0.393 e. The molecule has 0 radical (unpaired) electrons. The Hall–Kier alpha value is -1.62. The van der Waals surface area contributed by atoms with Gasteiger partial charge in [-0.2, -0.15) is 13.2 Å². The van der Waals surface area contributed by atoms with E-state index in [2.05, 4.69) is 0 Å². The minimum atomic E-state index is -4.86. The number of rotatable bonds is 1. The van der Waals surface area contributed by atoms with Crippen molar-refractivity contribution in [3.63, 3.8) is 0 Å². The van der Waals surface area contributed by atoms with Crippen molar-refractivity contribution in [3.8, 4) is 5.97 Å². The summed E-state index contributed by atoms with van der Waals surface area (Å²) >= 11 is 0. The Kier molecular flexibility index (Phi) is 4.24. The van der Waals surface area contributed by atoms with E-state index in [1.165, 1.54) is 0 Å². The molecule has 0 saturated carbocycles. The topological polar surface area (TPSA) is 44.0 Å². The minimum absolute atomic E-state index is 0.203. The third-order valence-corrected chi connectivity index (χ3v) is 3.77. The summed E-state index contributed by atoms with van der Waals surface area (Å²) in [7, 11) is 0. The van der Waals surface area contributed by atoms with Gasteiger partial charge in [-0.1, -0.05) is 12.7 Å². The summed E-state index contributed by atoms with van der Waals surface area (Å²) in [6, 6.07) is 0.405. The van der Waals surface area contributed by atoms with Crippen LogP contribution in [-0.4, -0.2) is 17.9 Å². The quantitative estimate of drug-likeness (QED) is 0.639. The first kappa shape index (κ1) is 15.8. The van der Waals surface area contributed by atoms with Gasteiger partial charge in [0, 0.05) is 17.3 Å². The Morgan fingerprint density at radius 3 is 2.29 bits per heavy atom. The van der Waals surface area contributed by atoms with E-state index in [1.807, 2.05) is 5.97 Å². The van der Waals surface area contributed by atoms with E-state index in [4.69, 9.17) is 5.26 Å². The van der Waals surface area contributed by atoms with Crippen molar-refractivity contribution in [3.05, 3.63) is 34.9 Å². The number of alkyl halides is 3. The summed E-state index contributed by atoms with van der Waals surface area (Å²) < 4.78 is 65.4. The number of hydrogen-bond acceptors (Lipinski definition) is 2. The van der Waals surface area contributed by atoms with Crippen molar-refractivity contribution in [2.75, 3.05) is 0 Å². The van der Waals surface area contributed by atoms with Crippen LogP contribution in [0.15, 0.2) is 12.1 Å². The van der Waals surface area contributed by atoms with E-state index in [0.29, 0.717) is 12.7 Å². The van der Waals surface area contributed by atoms with Crippen LogP contribution in [0.1, 0.15) is 29.8 Å². The molecule has 0 amide bonds. The van der Waals surface area contributed by atoms with E-state index >= 15 is 0 Å². The van der Waals surface area contributed by atoms with Gasteiger partial charge in [0.25, 0.3) is 6.71 Å². The third-order valence-electron chi connectivity index (χ3n) is 3.77. The first-order valence-electron chi connectivity index (χ1n) is 6.39. The molecule has 1 aromatic rings. The second-order valence-electron chi connectivity index (χ2n) is 5.11. The predicted molar refractivity (Wildman–Crippen MR) is 65.5 cm³/mol. The van der Waals surface area contributed by atoms with Crippen LogP contribution >= 0.6 is 0 Å². The summed E-state index contributed by atoms with van der Waals surface area (Å²) in [5.41, 5.74) is -2.07. The molecule has 1 fully saturated rings. The molecule has 8 heteroatoms. The van der Waals surface area contributed by atoms with Crippen LogP contribution in [0, 0.1) is 22.9 Å². The number of halogens is 5. The molecule has 1 aromatic carbocycles. The number of aliphatic hydroxyl groups is 1. The van der Waals surface area contributed by atoms with Crippen molar-refractivity contribution in [2.24, 2.45) is 0 Å². The van der Waals surface area contributed by atoms with Gasteiger partial charge in [-0.15, -0.1) is 0 Å². The lowest BCUT2D eigenvalue weighted by Gasteiger charge is -2.30. The average Bonchev–Trinajstić information content (AvgIpc) is 2.38. The molecular weight excluding hydrogens is 292 g/mol. The number of benzene rings is 1. The average molecular weight is 303 g/mol. The van der Waals surface area contributed by atoms with Gasteiger partial charge in [0.05, 0.1) is 11.7 Å². The highest BCUT2D eigenvalue weighted by molar-refractivity contribution is 6.68. The Balaban J connectivity index is 2.51. The number of aliphatic hydroxyl groups excluding tert-OH is 1. The van der Waals surface area contributed by atoms with Crippen molar-refractivity contribution >= 4 is 6.71 Å². The molecule has 0 aliphatic carbocycles. The molecule has 1 saturated heterocycles. The van der Waals surface area contributed by atoms with Gasteiger partial charge in [-0.3, -0.25) is 0 Å². The van der Waals surface area contributed by atoms with Crippen molar-refractivity contribution in [1.82, 2.24) is 0 Å². The first-order chi connectivity index (χ1) is 9.75. The molecule has 1 aliphatic rings. The molecule has 2 nitrogen and oxygen atoms in total. The van der Waals surface area contributed by atoms with E-state index in [-0.39, 0.29) is 18.6 Å². The molecule has 0 spiro atoms. The van der Waals surface area contributed by atoms with Crippen molar-refractivity contribution in [1.29, 1.82) is 5.26 Å². The summed E-state index contributed by atoms with van der Waals surface area (Å²) in [6.07, 6.45) is -4.88. The maximum atomic E-state index is 13.9. The molecule has 1 heterocycles. The Bertz CT molecular complexity index is 560. The van der Waals surface area contributed by atoms with E-state index in [9.17, 15) is 27.1 Å². The normalized spacial score (nSPS) is 23.0. The SMILES string of the molecule is N#CB1CCCC(O)C1c1c(F)cc(C(F)(F)F)cc1F. The molecule has 0 aromatic heterocycles. The third kappa shape index (κ3) is 3.03. The zero-order valence-electron chi connectivity index (χ0n) is 10.8. The maximum absolute atomic E-state index is 13.9. The van der Waals surface area contributed by atoms with Crippen molar-refractivity contribution in [2.45, 2.75) is 37.3 Å². The Morgan fingerprint density at radius 2 is 1.81 bits per heavy atom. The van der Waals surface area contributed by atoms with Crippen LogP contribution in [0.25, 0.3) is 0 Å². The van der Waals surface area contributed by atoms with Crippen LogP contribution < -0.4 is 0 Å². The van der Waals surface area contributed by atoms with Gasteiger partial charge in [0.2, 0.25) is 0 Å². The highest BCUT2D eigenvalue weighted by Crippen LogP contribution is 2.38. The molecule has 21 heavy (non-hydrogen) atoms. The number of nitriles is 1. The van der Waals surface area contributed by atoms with Crippen LogP contribution in [0.2, 0.25) is 6.32 Å². The van der Waals surface area contributed by atoms with Crippen LogP contribution in [0.3, 0.4) is 0 Å². The van der Waals surface area contributed by atoms with E-state index < -0.39 is 47.6 Å². The zero-order valence-corrected chi connectivity index (χ0v) is 10.8. The summed E-state index contributed by atoms with van der Waals surface area (Å²) in [4.78, 5) is 0. The first-order valence-corrected chi connectivity index (χ1v) is 6.39. The van der Waals surface area contributed by atoms with Gasteiger partial charge in [0.1, 0.15) is 11.6 Å². The fourth-order valence-electron chi connectivity index (χ4n) is 2.78. The number of hydrogen-bond donors (Lipinski definition) is 1. The Labute approximate surface area is 118 Å². The highest BCUT2D eigenvalue weighted by Gasteiger charge is 2.41. The lowest BCUT2D eigenvalue weighted by atomic mass is 9.35.